The van der Waals surface area contributed by atoms with Crippen molar-refractivity contribution in [2.75, 3.05) is 26.9 Å². The van der Waals surface area contributed by atoms with Crippen molar-refractivity contribution in [3.63, 3.8) is 0 Å². The lowest BCUT2D eigenvalue weighted by atomic mass is 9.85. The second kappa shape index (κ2) is 8.98. The monoisotopic (exact) mass is 285 g/mol. The van der Waals surface area contributed by atoms with Gasteiger partial charge in [0.25, 0.3) is 0 Å². The number of methoxy groups -OCH3 is 1. The molecule has 0 aliphatic heterocycles. The summed E-state index contributed by atoms with van der Waals surface area (Å²) in [5, 5.41) is 3.56. The standard InChI is InChI=1S/C16H31NO3/c1-3-19-15-12-14(16(15)18-2)17-10-7-11-20-13-8-5-4-6-9-13/h13-17H,3-12H2,1-2H3. The molecule has 0 aromatic carbocycles. The summed E-state index contributed by atoms with van der Waals surface area (Å²) in [5.74, 6) is 0. The molecule has 2 aliphatic carbocycles. The zero-order valence-electron chi connectivity index (χ0n) is 13.1. The van der Waals surface area contributed by atoms with Crippen molar-refractivity contribution in [1.29, 1.82) is 0 Å². The largest absolute Gasteiger partial charge is 0.378 e. The zero-order valence-corrected chi connectivity index (χ0v) is 13.1. The third-order valence-electron chi connectivity index (χ3n) is 4.54. The molecule has 0 heterocycles. The molecule has 0 saturated heterocycles. The second-order valence-electron chi connectivity index (χ2n) is 5.97. The van der Waals surface area contributed by atoms with Crippen LogP contribution in [0.2, 0.25) is 0 Å². The first-order chi connectivity index (χ1) is 9.85. The third-order valence-corrected chi connectivity index (χ3v) is 4.54. The summed E-state index contributed by atoms with van der Waals surface area (Å²) in [6.07, 6.45) is 9.78. The smallest absolute Gasteiger partial charge is 0.0986 e. The first-order valence-electron chi connectivity index (χ1n) is 8.34. The number of rotatable bonds is 9. The Labute approximate surface area is 123 Å². The predicted octanol–water partition coefficient (Wildman–Crippen LogP) is 2.51. The molecule has 0 spiro atoms. The van der Waals surface area contributed by atoms with E-state index in [1.54, 1.807) is 7.11 Å². The van der Waals surface area contributed by atoms with E-state index in [0.29, 0.717) is 12.1 Å². The number of nitrogens with one attached hydrogen (secondary N) is 1. The van der Waals surface area contributed by atoms with Crippen LogP contribution in [0.4, 0.5) is 0 Å². The van der Waals surface area contributed by atoms with Crippen molar-refractivity contribution in [3.05, 3.63) is 0 Å². The Balaban J connectivity index is 1.49. The van der Waals surface area contributed by atoms with Crippen molar-refractivity contribution in [2.45, 2.75) is 76.2 Å². The molecule has 3 atom stereocenters. The van der Waals surface area contributed by atoms with Gasteiger partial charge in [0.2, 0.25) is 0 Å². The maximum atomic E-state index is 5.93. The van der Waals surface area contributed by atoms with E-state index in [4.69, 9.17) is 14.2 Å². The van der Waals surface area contributed by atoms with Crippen molar-refractivity contribution in [2.24, 2.45) is 0 Å². The van der Waals surface area contributed by atoms with Gasteiger partial charge < -0.3 is 19.5 Å². The molecule has 0 bridgehead atoms. The van der Waals surface area contributed by atoms with Gasteiger partial charge in [0.15, 0.2) is 0 Å². The zero-order chi connectivity index (χ0) is 14.2. The van der Waals surface area contributed by atoms with E-state index in [0.717, 1.165) is 32.6 Å². The van der Waals surface area contributed by atoms with Crippen LogP contribution in [-0.4, -0.2) is 51.2 Å². The van der Waals surface area contributed by atoms with Crippen molar-refractivity contribution >= 4 is 0 Å². The van der Waals surface area contributed by atoms with Gasteiger partial charge in [-0.15, -0.1) is 0 Å². The van der Waals surface area contributed by atoms with E-state index < -0.39 is 0 Å². The lowest BCUT2D eigenvalue weighted by Gasteiger charge is -2.43. The quantitative estimate of drug-likeness (QED) is 0.661. The molecule has 2 aliphatic rings. The molecular formula is C16H31NO3. The van der Waals surface area contributed by atoms with Crippen molar-refractivity contribution in [3.8, 4) is 0 Å². The molecule has 1 N–H and O–H groups in total. The summed E-state index contributed by atoms with van der Waals surface area (Å²) >= 11 is 0. The van der Waals surface area contributed by atoms with Crippen molar-refractivity contribution < 1.29 is 14.2 Å². The minimum absolute atomic E-state index is 0.217. The summed E-state index contributed by atoms with van der Waals surface area (Å²) in [7, 11) is 1.77. The van der Waals surface area contributed by atoms with Gasteiger partial charge in [0, 0.05) is 26.4 Å². The Morgan fingerprint density at radius 2 is 1.90 bits per heavy atom. The fourth-order valence-corrected chi connectivity index (χ4v) is 3.32. The van der Waals surface area contributed by atoms with E-state index in [1.165, 1.54) is 32.1 Å². The Kier molecular flexibility index (Phi) is 7.28. The summed E-state index contributed by atoms with van der Waals surface area (Å²) < 4.78 is 17.1. The predicted molar refractivity (Wildman–Crippen MR) is 80.1 cm³/mol. The van der Waals surface area contributed by atoms with Crippen LogP contribution in [0.3, 0.4) is 0 Å². The maximum absolute atomic E-state index is 5.93. The van der Waals surface area contributed by atoms with E-state index in [9.17, 15) is 0 Å². The first kappa shape index (κ1) is 16.2. The first-order valence-corrected chi connectivity index (χ1v) is 8.34. The van der Waals surface area contributed by atoms with Crippen LogP contribution in [0.1, 0.15) is 51.9 Å². The molecule has 0 aromatic heterocycles. The molecule has 2 rings (SSSR count). The minimum Gasteiger partial charge on any atom is -0.378 e. The van der Waals surface area contributed by atoms with Crippen molar-refractivity contribution in [1.82, 2.24) is 5.32 Å². The second-order valence-corrected chi connectivity index (χ2v) is 5.97. The lowest BCUT2D eigenvalue weighted by molar-refractivity contribution is -0.131. The fourth-order valence-electron chi connectivity index (χ4n) is 3.32. The molecular weight excluding hydrogens is 254 g/mol. The highest BCUT2D eigenvalue weighted by Crippen LogP contribution is 2.26. The molecule has 0 aromatic rings. The van der Waals surface area contributed by atoms with Crippen LogP contribution in [-0.2, 0) is 14.2 Å². The average molecular weight is 285 g/mol. The Bertz CT molecular complexity index is 256. The summed E-state index contributed by atoms with van der Waals surface area (Å²) in [6, 6.07) is 0.450. The molecule has 0 amide bonds. The SMILES string of the molecule is CCOC1CC(NCCCOC2CCCCC2)C1OC. The molecule has 3 unspecified atom stereocenters. The minimum atomic E-state index is 0.217. The summed E-state index contributed by atoms with van der Waals surface area (Å²) in [6.45, 7) is 4.70. The third kappa shape index (κ3) is 4.69. The lowest BCUT2D eigenvalue weighted by Crippen LogP contribution is -2.59. The van der Waals surface area contributed by atoms with Gasteiger partial charge in [-0.2, -0.15) is 0 Å². The van der Waals surface area contributed by atoms with Crippen LogP contribution in [0, 0.1) is 0 Å². The summed E-state index contributed by atoms with van der Waals surface area (Å²) in [4.78, 5) is 0. The Morgan fingerprint density at radius 1 is 1.10 bits per heavy atom. The van der Waals surface area contributed by atoms with Gasteiger partial charge >= 0.3 is 0 Å². The van der Waals surface area contributed by atoms with Gasteiger partial charge in [-0.1, -0.05) is 19.3 Å². The molecule has 4 nitrogen and oxygen atoms in total. The van der Waals surface area contributed by atoms with E-state index in [-0.39, 0.29) is 12.2 Å². The van der Waals surface area contributed by atoms with Crippen LogP contribution in [0.15, 0.2) is 0 Å². The van der Waals surface area contributed by atoms with Gasteiger partial charge in [0.05, 0.1) is 18.3 Å². The molecule has 2 fully saturated rings. The molecule has 2 saturated carbocycles. The van der Waals surface area contributed by atoms with E-state index in [1.807, 2.05) is 6.92 Å². The van der Waals surface area contributed by atoms with Gasteiger partial charge in [-0.05, 0) is 39.2 Å². The van der Waals surface area contributed by atoms with Gasteiger partial charge in [0.1, 0.15) is 0 Å². The van der Waals surface area contributed by atoms with Gasteiger partial charge in [-0.3, -0.25) is 0 Å². The molecule has 4 heteroatoms. The van der Waals surface area contributed by atoms with Crippen LogP contribution < -0.4 is 5.32 Å². The molecule has 0 radical (unpaired) electrons. The van der Waals surface area contributed by atoms with Crippen LogP contribution in [0.25, 0.3) is 0 Å². The molecule has 118 valence electrons. The highest BCUT2D eigenvalue weighted by molar-refractivity contribution is 4.96. The fraction of sp³-hybridized carbons (Fsp3) is 1.00. The Morgan fingerprint density at radius 3 is 2.60 bits per heavy atom. The average Bonchev–Trinajstić information content (AvgIpc) is 2.46. The van der Waals surface area contributed by atoms with E-state index in [2.05, 4.69) is 5.32 Å². The number of hydrogen-bond acceptors (Lipinski definition) is 4. The highest BCUT2D eigenvalue weighted by Gasteiger charge is 2.41. The number of hydrogen-bond donors (Lipinski definition) is 1. The summed E-state index contributed by atoms with van der Waals surface area (Å²) in [5.41, 5.74) is 0. The number of ether oxygens (including phenoxy) is 3. The van der Waals surface area contributed by atoms with Crippen LogP contribution in [0.5, 0.6) is 0 Å². The highest BCUT2D eigenvalue weighted by atomic mass is 16.5. The maximum Gasteiger partial charge on any atom is 0.0986 e. The normalized spacial score (nSPS) is 31.2. The Hall–Kier alpha value is -0.160. The topological polar surface area (TPSA) is 39.7 Å². The van der Waals surface area contributed by atoms with Gasteiger partial charge in [-0.25, -0.2) is 0 Å². The van der Waals surface area contributed by atoms with E-state index >= 15 is 0 Å². The molecule has 20 heavy (non-hydrogen) atoms. The van der Waals surface area contributed by atoms with Crippen LogP contribution >= 0.6 is 0 Å².